The first kappa shape index (κ1) is 18.9. The Labute approximate surface area is 148 Å². The molecular formula is C18H26BrO3P. The molecule has 5 heteroatoms. The van der Waals surface area contributed by atoms with Gasteiger partial charge in [-0.3, -0.25) is 9.09 Å². The van der Waals surface area contributed by atoms with Gasteiger partial charge in [0, 0.05) is 23.1 Å². The number of hydrogen-bond acceptors (Lipinski definition) is 3. The highest BCUT2D eigenvalue weighted by Crippen LogP contribution is 2.73. The summed E-state index contributed by atoms with van der Waals surface area (Å²) in [7, 11) is -1.63. The normalized spacial score (nSPS) is 29.2. The summed E-state index contributed by atoms with van der Waals surface area (Å²) in [5.41, 5.74) is -0.715. The Morgan fingerprint density at radius 2 is 1.61 bits per heavy atom. The lowest BCUT2D eigenvalue weighted by atomic mass is 9.83. The van der Waals surface area contributed by atoms with E-state index in [-0.39, 0.29) is 5.41 Å². The molecule has 1 aromatic carbocycles. The van der Waals surface area contributed by atoms with Gasteiger partial charge in [-0.15, -0.1) is 0 Å². The van der Waals surface area contributed by atoms with Crippen LogP contribution in [-0.4, -0.2) is 12.9 Å². The Kier molecular flexibility index (Phi) is 4.80. The summed E-state index contributed by atoms with van der Waals surface area (Å²) in [6.07, 6.45) is 0. The first-order valence-electron chi connectivity index (χ1n) is 7.73. The van der Waals surface area contributed by atoms with Crippen LogP contribution in [-0.2, 0) is 13.8 Å². The van der Waals surface area contributed by atoms with Crippen LogP contribution in [0.1, 0.15) is 41.5 Å². The molecule has 128 valence electrons. The summed E-state index contributed by atoms with van der Waals surface area (Å²) in [6, 6.07) is 9.41. The number of halogens is 1. The standard InChI is InChI=1S/C18H26BrO3P/c1-16(2,3)15-14(19)18(21-7,17(4,5)6)22-23(15,20)13-11-9-8-10-12-13/h8-12H,1-7H3/t18-,23?/m0/s1. The van der Waals surface area contributed by atoms with Crippen molar-refractivity contribution in [1.29, 1.82) is 0 Å². The van der Waals surface area contributed by atoms with Gasteiger partial charge < -0.3 is 4.74 Å². The van der Waals surface area contributed by atoms with Gasteiger partial charge in [-0.1, -0.05) is 59.7 Å². The van der Waals surface area contributed by atoms with E-state index in [1.54, 1.807) is 7.11 Å². The summed E-state index contributed by atoms with van der Waals surface area (Å²) in [6.45, 7) is 12.2. The number of benzene rings is 1. The van der Waals surface area contributed by atoms with Crippen molar-refractivity contribution in [2.75, 3.05) is 7.11 Å². The molecular weight excluding hydrogens is 375 g/mol. The molecule has 2 atom stereocenters. The maximum atomic E-state index is 14.0. The molecule has 0 saturated carbocycles. The fourth-order valence-electron chi connectivity index (χ4n) is 3.03. The van der Waals surface area contributed by atoms with Crippen molar-refractivity contribution in [2.45, 2.75) is 47.3 Å². The number of rotatable bonds is 2. The van der Waals surface area contributed by atoms with Crippen molar-refractivity contribution >= 4 is 28.6 Å². The SMILES string of the molecule is CO[C@]1(C(C)(C)C)OP(=O)(c2ccccc2)C(C(C)(C)C)=C1Br. The van der Waals surface area contributed by atoms with E-state index >= 15 is 0 Å². The van der Waals surface area contributed by atoms with E-state index in [1.165, 1.54) is 0 Å². The summed E-state index contributed by atoms with van der Waals surface area (Å²) < 4.78 is 26.9. The zero-order chi connectivity index (χ0) is 17.7. The highest BCUT2D eigenvalue weighted by molar-refractivity contribution is 9.11. The smallest absolute Gasteiger partial charge is 0.261 e. The average Bonchev–Trinajstić information content (AvgIpc) is 2.68. The van der Waals surface area contributed by atoms with Gasteiger partial charge in [0.15, 0.2) is 0 Å². The molecule has 0 bridgehead atoms. The molecule has 0 saturated heterocycles. The Balaban J connectivity index is 2.80. The molecule has 3 nitrogen and oxygen atoms in total. The molecule has 1 aliphatic heterocycles. The third-order valence-corrected chi connectivity index (χ3v) is 8.33. The lowest BCUT2D eigenvalue weighted by molar-refractivity contribution is -0.185. The van der Waals surface area contributed by atoms with Crippen LogP contribution in [0.15, 0.2) is 40.1 Å². The molecule has 1 aliphatic rings. The Morgan fingerprint density at radius 1 is 1.09 bits per heavy atom. The van der Waals surface area contributed by atoms with Gasteiger partial charge in [0.1, 0.15) is 0 Å². The monoisotopic (exact) mass is 400 g/mol. The maximum Gasteiger partial charge on any atom is 0.261 e. The third kappa shape index (κ3) is 2.89. The van der Waals surface area contributed by atoms with E-state index in [0.717, 1.165) is 9.80 Å². The van der Waals surface area contributed by atoms with E-state index < -0.39 is 18.6 Å². The summed E-state index contributed by atoms with van der Waals surface area (Å²) in [5.74, 6) is -1.07. The highest BCUT2D eigenvalue weighted by Gasteiger charge is 2.61. The minimum absolute atomic E-state index is 0.324. The molecule has 0 aliphatic carbocycles. The zero-order valence-electron chi connectivity index (χ0n) is 14.9. The van der Waals surface area contributed by atoms with Crippen molar-refractivity contribution in [3.05, 3.63) is 40.1 Å². The maximum absolute atomic E-state index is 14.0. The second kappa shape index (κ2) is 5.84. The van der Waals surface area contributed by atoms with Crippen molar-refractivity contribution in [1.82, 2.24) is 0 Å². The molecule has 0 amide bonds. The van der Waals surface area contributed by atoms with Crippen LogP contribution >= 0.6 is 23.3 Å². The lowest BCUT2D eigenvalue weighted by Gasteiger charge is -2.40. The van der Waals surface area contributed by atoms with Crippen LogP contribution in [0.5, 0.6) is 0 Å². The van der Waals surface area contributed by atoms with Gasteiger partial charge in [0.2, 0.25) is 5.79 Å². The Hall–Kier alpha value is -0.410. The van der Waals surface area contributed by atoms with E-state index in [4.69, 9.17) is 9.26 Å². The lowest BCUT2D eigenvalue weighted by Crippen LogP contribution is -2.45. The molecule has 1 aromatic rings. The largest absolute Gasteiger partial charge is 0.348 e. The van der Waals surface area contributed by atoms with Crippen molar-refractivity contribution in [3.63, 3.8) is 0 Å². The van der Waals surface area contributed by atoms with Crippen LogP contribution in [0.25, 0.3) is 0 Å². The zero-order valence-corrected chi connectivity index (χ0v) is 17.4. The van der Waals surface area contributed by atoms with Gasteiger partial charge >= 0.3 is 0 Å². The first-order chi connectivity index (χ1) is 10.4. The predicted molar refractivity (Wildman–Crippen MR) is 99.4 cm³/mol. The highest BCUT2D eigenvalue weighted by atomic mass is 79.9. The van der Waals surface area contributed by atoms with Crippen LogP contribution in [0, 0.1) is 10.8 Å². The molecule has 0 N–H and O–H groups in total. The van der Waals surface area contributed by atoms with Gasteiger partial charge in [-0.25, -0.2) is 0 Å². The number of methoxy groups -OCH3 is 1. The fourth-order valence-corrected chi connectivity index (χ4v) is 8.40. The fraction of sp³-hybridized carbons (Fsp3) is 0.556. The van der Waals surface area contributed by atoms with Crippen LogP contribution in [0.2, 0.25) is 0 Å². The van der Waals surface area contributed by atoms with Crippen LogP contribution in [0.3, 0.4) is 0 Å². The molecule has 0 radical (unpaired) electrons. The second-order valence-corrected chi connectivity index (χ2v) is 11.0. The minimum atomic E-state index is -3.24. The number of hydrogen-bond donors (Lipinski definition) is 0. The van der Waals surface area contributed by atoms with Crippen molar-refractivity contribution < 1.29 is 13.8 Å². The van der Waals surface area contributed by atoms with Crippen LogP contribution in [0.4, 0.5) is 0 Å². The molecule has 23 heavy (non-hydrogen) atoms. The first-order valence-corrected chi connectivity index (χ1v) is 10.1. The molecule has 1 unspecified atom stereocenters. The third-order valence-electron chi connectivity index (χ3n) is 4.13. The van der Waals surface area contributed by atoms with E-state index in [0.29, 0.717) is 5.30 Å². The van der Waals surface area contributed by atoms with Gasteiger partial charge in [-0.2, -0.15) is 0 Å². The predicted octanol–water partition coefficient (Wildman–Crippen LogP) is 5.66. The van der Waals surface area contributed by atoms with Gasteiger partial charge in [0.25, 0.3) is 7.37 Å². The molecule has 0 spiro atoms. The minimum Gasteiger partial charge on any atom is -0.348 e. The Bertz CT molecular complexity index is 668. The molecule has 0 fully saturated rings. The second-order valence-electron chi connectivity index (χ2n) is 7.96. The molecule has 0 aromatic heterocycles. The van der Waals surface area contributed by atoms with Gasteiger partial charge in [-0.05, 0) is 33.5 Å². The summed E-state index contributed by atoms with van der Waals surface area (Å²) in [5, 5.41) is 1.48. The molecule has 2 rings (SSSR count). The summed E-state index contributed by atoms with van der Waals surface area (Å²) in [4.78, 5) is 0. The topological polar surface area (TPSA) is 35.5 Å². The number of ether oxygens (including phenoxy) is 1. The summed E-state index contributed by atoms with van der Waals surface area (Å²) >= 11 is 3.69. The average molecular weight is 401 g/mol. The molecule has 1 heterocycles. The van der Waals surface area contributed by atoms with Crippen molar-refractivity contribution in [3.8, 4) is 0 Å². The van der Waals surface area contributed by atoms with E-state index in [9.17, 15) is 4.57 Å². The number of allylic oxidation sites excluding steroid dienone is 1. The van der Waals surface area contributed by atoms with E-state index in [1.807, 2.05) is 51.1 Å². The van der Waals surface area contributed by atoms with Crippen LogP contribution < -0.4 is 5.30 Å². The van der Waals surface area contributed by atoms with Gasteiger partial charge in [0.05, 0.1) is 4.48 Å². The Morgan fingerprint density at radius 3 is 2.00 bits per heavy atom. The van der Waals surface area contributed by atoms with Crippen molar-refractivity contribution in [2.24, 2.45) is 10.8 Å². The van der Waals surface area contributed by atoms with E-state index in [2.05, 4.69) is 36.7 Å². The quantitative estimate of drug-likeness (QED) is 0.600.